The molecule has 0 atom stereocenters. The molecule has 5 heteroatoms. The molecule has 1 fully saturated rings. The third kappa shape index (κ3) is 4.74. The topological polar surface area (TPSA) is 35.5 Å². The van der Waals surface area contributed by atoms with E-state index in [2.05, 4.69) is 89.3 Å². The zero-order valence-electron chi connectivity index (χ0n) is 17.3. The number of aromatic nitrogens is 2. The van der Waals surface area contributed by atoms with E-state index in [1.165, 1.54) is 5.56 Å². The van der Waals surface area contributed by atoms with Gasteiger partial charge in [0.1, 0.15) is 5.82 Å². The molecule has 0 bridgehead atoms. The van der Waals surface area contributed by atoms with Gasteiger partial charge in [0.25, 0.3) is 0 Å². The number of piperazine rings is 1. The predicted octanol–water partition coefficient (Wildman–Crippen LogP) is 3.92. The average Bonchev–Trinajstić information content (AvgIpc) is 2.80. The summed E-state index contributed by atoms with van der Waals surface area (Å²) in [7, 11) is 2.10. The first-order valence-electron chi connectivity index (χ1n) is 10.4. The van der Waals surface area contributed by atoms with Crippen LogP contribution in [-0.4, -0.2) is 54.6 Å². The Morgan fingerprint density at radius 3 is 2.17 bits per heavy atom. The van der Waals surface area contributed by atoms with Gasteiger partial charge < -0.3 is 14.7 Å². The van der Waals surface area contributed by atoms with Crippen LogP contribution in [0.2, 0.25) is 0 Å². The number of nitrogens with zero attached hydrogens (tertiary/aromatic N) is 5. The molecule has 29 heavy (non-hydrogen) atoms. The molecule has 0 saturated carbocycles. The summed E-state index contributed by atoms with van der Waals surface area (Å²) in [5, 5.41) is 0. The van der Waals surface area contributed by atoms with E-state index < -0.39 is 0 Å². The van der Waals surface area contributed by atoms with E-state index in [0.29, 0.717) is 0 Å². The van der Waals surface area contributed by atoms with Gasteiger partial charge in [-0.2, -0.15) is 4.98 Å². The molecular weight excluding hydrogens is 358 g/mol. The molecule has 1 aromatic heterocycles. The molecule has 1 saturated heterocycles. The van der Waals surface area contributed by atoms with Gasteiger partial charge in [-0.05, 0) is 12.1 Å². The normalized spacial score (nSPS) is 14.8. The second-order valence-electron chi connectivity index (χ2n) is 7.54. The molecule has 2 heterocycles. The summed E-state index contributed by atoms with van der Waals surface area (Å²) in [5.41, 5.74) is 3.37. The van der Waals surface area contributed by atoms with Crippen molar-refractivity contribution in [2.75, 3.05) is 49.6 Å². The zero-order chi connectivity index (χ0) is 20.1. The lowest BCUT2D eigenvalue weighted by Crippen LogP contribution is -2.46. The largest absolute Gasteiger partial charge is 0.355 e. The molecule has 2 aromatic carbocycles. The molecule has 5 nitrogen and oxygen atoms in total. The van der Waals surface area contributed by atoms with Crippen molar-refractivity contribution in [1.82, 2.24) is 14.9 Å². The summed E-state index contributed by atoms with van der Waals surface area (Å²) in [5.74, 6) is 1.78. The summed E-state index contributed by atoms with van der Waals surface area (Å²) in [6.07, 6.45) is 0. The van der Waals surface area contributed by atoms with Crippen LogP contribution in [-0.2, 0) is 6.54 Å². The maximum Gasteiger partial charge on any atom is 0.227 e. The average molecular weight is 388 g/mol. The second kappa shape index (κ2) is 9.05. The van der Waals surface area contributed by atoms with Gasteiger partial charge in [0.05, 0.1) is 5.69 Å². The Bertz CT molecular complexity index is 905. The lowest BCUT2D eigenvalue weighted by Gasteiger charge is -2.34. The van der Waals surface area contributed by atoms with Crippen molar-refractivity contribution in [1.29, 1.82) is 0 Å². The van der Waals surface area contributed by atoms with E-state index >= 15 is 0 Å². The Morgan fingerprint density at radius 2 is 1.52 bits per heavy atom. The van der Waals surface area contributed by atoms with Crippen LogP contribution in [0.3, 0.4) is 0 Å². The number of hydrogen-bond donors (Lipinski definition) is 0. The molecular formula is C24H29N5. The van der Waals surface area contributed by atoms with Crippen molar-refractivity contribution in [3.63, 3.8) is 0 Å². The van der Waals surface area contributed by atoms with Gasteiger partial charge in [0.15, 0.2) is 0 Å². The number of anilines is 2. The molecule has 0 amide bonds. The number of rotatable bonds is 6. The first-order valence-corrected chi connectivity index (χ1v) is 10.4. The fraction of sp³-hybridized carbons (Fsp3) is 0.333. The Kier molecular flexibility index (Phi) is 6.06. The minimum absolute atomic E-state index is 0.815. The molecule has 1 aliphatic rings. The van der Waals surface area contributed by atoms with Crippen LogP contribution in [0, 0.1) is 0 Å². The van der Waals surface area contributed by atoms with E-state index in [9.17, 15) is 0 Å². The van der Waals surface area contributed by atoms with E-state index in [-0.39, 0.29) is 0 Å². The van der Waals surface area contributed by atoms with Crippen LogP contribution in [0.4, 0.5) is 11.8 Å². The Balaban J connectivity index is 1.65. The van der Waals surface area contributed by atoms with Crippen LogP contribution in [0.1, 0.15) is 12.5 Å². The van der Waals surface area contributed by atoms with Gasteiger partial charge in [-0.25, -0.2) is 4.98 Å². The predicted molar refractivity (Wildman–Crippen MR) is 120 cm³/mol. The summed E-state index contributed by atoms with van der Waals surface area (Å²) >= 11 is 0. The van der Waals surface area contributed by atoms with Gasteiger partial charge in [-0.3, -0.25) is 0 Å². The Labute approximate surface area is 173 Å². The smallest absolute Gasteiger partial charge is 0.227 e. The maximum atomic E-state index is 4.95. The van der Waals surface area contributed by atoms with Crippen LogP contribution < -0.4 is 9.80 Å². The molecule has 3 aromatic rings. The molecule has 0 spiro atoms. The van der Waals surface area contributed by atoms with Crippen LogP contribution >= 0.6 is 0 Å². The molecule has 0 aliphatic carbocycles. The van der Waals surface area contributed by atoms with Crippen molar-refractivity contribution in [3.8, 4) is 11.3 Å². The van der Waals surface area contributed by atoms with Crippen LogP contribution in [0.5, 0.6) is 0 Å². The zero-order valence-corrected chi connectivity index (χ0v) is 17.3. The fourth-order valence-corrected chi connectivity index (χ4v) is 3.72. The van der Waals surface area contributed by atoms with Crippen molar-refractivity contribution in [2.24, 2.45) is 0 Å². The Hall–Kier alpha value is -2.92. The summed E-state index contributed by atoms with van der Waals surface area (Å²) in [4.78, 5) is 16.9. The molecule has 0 unspecified atom stereocenters. The van der Waals surface area contributed by atoms with E-state index in [1.54, 1.807) is 0 Å². The van der Waals surface area contributed by atoms with Crippen molar-refractivity contribution < 1.29 is 0 Å². The highest BCUT2D eigenvalue weighted by Crippen LogP contribution is 2.25. The Morgan fingerprint density at radius 1 is 0.862 bits per heavy atom. The van der Waals surface area contributed by atoms with Gasteiger partial charge in [0.2, 0.25) is 5.95 Å². The van der Waals surface area contributed by atoms with Crippen molar-refractivity contribution in [3.05, 3.63) is 72.3 Å². The third-order valence-electron chi connectivity index (χ3n) is 5.53. The van der Waals surface area contributed by atoms with E-state index in [0.717, 1.165) is 62.3 Å². The van der Waals surface area contributed by atoms with E-state index in [1.807, 2.05) is 6.07 Å². The monoisotopic (exact) mass is 387 g/mol. The molecule has 1 aliphatic heterocycles. The summed E-state index contributed by atoms with van der Waals surface area (Å²) in [6, 6.07) is 23.0. The lowest BCUT2D eigenvalue weighted by atomic mass is 10.1. The second-order valence-corrected chi connectivity index (χ2v) is 7.54. The quantitative estimate of drug-likeness (QED) is 0.641. The van der Waals surface area contributed by atoms with Crippen LogP contribution in [0.25, 0.3) is 11.3 Å². The van der Waals surface area contributed by atoms with Crippen molar-refractivity contribution >= 4 is 11.8 Å². The van der Waals surface area contributed by atoms with Crippen LogP contribution in [0.15, 0.2) is 66.7 Å². The number of benzene rings is 2. The van der Waals surface area contributed by atoms with Crippen molar-refractivity contribution in [2.45, 2.75) is 13.5 Å². The minimum Gasteiger partial charge on any atom is -0.355 e. The number of hydrogen-bond acceptors (Lipinski definition) is 5. The minimum atomic E-state index is 0.815. The first-order chi connectivity index (χ1) is 14.2. The van der Waals surface area contributed by atoms with E-state index in [4.69, 9.17) is 9.97 Å². The number of likely N-dealkylation sites (N-methyl/N-ethyl adjacent to an activating group) is 1. The molecule has 4 rings (SSSR count). The fourth-order valence-electron chi connectivity index (χ4n) is 3.72. The summed E-state index contributed by atoms with van der Waals surface area (Å²) in [6.45, 7) is 8.19. The molecule has 150 valence electrons. The molecule has 0 radical (unpaired) electrons. The maximum absolute atomic E-state index is 4.95. The SMILES string of the molecule is CCN1CCN(c2nc(-c3ccccc3)cc(N(C)Cc3ccccc3)n2)CC1. The standard InChI is InChI=1S/C24H29N5/c1-3-28-14-16-29(17-15-28)24-25-22(21-12-8-5-9-13-21)18-23(26-24)27(2)19-20-10-6-4-7-11-20/h4-13,18H,3,14-17,19H2,1-2H3. The third-order valence-corrected chi connectivity index (χ3v) is 5.53. The first kappa shape index (κ1) is 19.4. The lowest BCUT2D eigenvalue weighted by molar-refractivity contribution is 0.270. The molecule has 0 N–H and O–H groups in total. The highest BCUT2D eigenvalue weighted by atomic mass is 15.3. The highest BCUT2D eigenvalue weighted by molar-refractivity contribution is 5.65. The van der Waals surface area contributed by atoms with Gasteiger partial charge in [-0.15, -0.1) is 0 Å². The van der Waals surface area contributed by atoms with Gasteiger partial charge >= 0.3 is 0 Å². The van der Waals surface area contributed by atoms with Gasteiger partial charge in [0, 0.05) is 51.4 Å². The summed E-state index contributed by atoms with van der Waals surface area (Å²) < 4.78 is 0. The van der Waals surface area contributed by atoms with Gasteiger partial charge in [-0.1, -0.05) is 67.6 Å². The highest BCUT2D eigenvalue weighted by Gasteiger charge is 2.20.